The molecule has 0 bridgehead atoms. The van der Waals surface area contributed by atoms with Crippen LogP contribution in [-0.2, 0) is 27.1 Å². The quantitative estimate of drug-likeness (QED) is 0.248. The molecule has 0 aromatic heterocycles. The first-order chi connectivity index (χ1) is 16.7. The van der Waals surface area contributed by atoms with Crippen molar-refractivity contribution in [1.29, 1.82) is 0 Å². The second-order valence-electron chi connectivity index (χ2n) is 10.9. The largest absolute Gasteiger partial charge is 0.408 e. The van der Waals surface area contributed by atoms with Gasteiger partial charge in [0.2, 0.25) is 0 Å². The predicted octanol–water partition coefficient (Wildman–Crippen LogP) is 6.75. The van der Waals surface area contributed by atoms with E-state index < -0.39 is 14.4 Å². The molecule has 4 nitrogen and oxygen atoms in total. The first-order valence-electron chi connectivity index (χ1n) is 12.4. The predicted molar refractivity (Wildman–Crippen MR) is 143 cm³/mol. The minimum atomic E-state index is -2.15. The molecule has 1 amide bonds. The Hall–Kier alpha value is -2.73. The van der Waals surface area contributed by atoms with E-state index in [0.717, 1.165) is 16.7 Å². The van der Waals surface area contributed by atoms with Gasteiger partial charge in [-0.3, -0.25) is 4.79 Å². The maximum atomic E-state index is 13.5. The molecule has 0 spiro atoms. The minimum absolute atomic E-state index is 0.0227. The molecule has 0 unspecified atom stereocenters. The van der Waals surface area contributed by atoms with Crippen molar-refractivity contribution in [2.24, 2.45) is 0 Å². The molecule has 184 valence electrons. The first kappa shape index (κ1) is 25.4. The SMILES string of the molecule is CC(C)(C)[Si](C)(C)O[C@@H](c1ccccc1)[C@H]1[C@@H](OCc2ccccc2)C(=O)N1Cc1ccccc1. The van der Waals surface area contributed by atoms with E-state index in [-0.39, 0.29) is 23.1 Å². The zero-order valence-corrected chi connectivity index (χ0v) is 22.5. The molecule has 1 aliphatic heterocycles. The standard InChI is InChI=1S/C30H37NO3Si/c1-30(2,3)35(4,5)34-27(25-19-13-8-14-20-25)26-28(33-22-24-17-11-7-12-18-24)29(32)31(26)21-23-15-9-6-10-16-23/h6-20,26-28H,21-22H2,1-5H3/t26-,27-,28+/m0/s1. The third kappa shape index (κ3) is 5.75. The van der Waals surface area contributed by atoms with Crippen molar-refractivity contribution in [2.75, 3.05) is 0 Å². The van der Waals surface area contributed by atoms with E-state index >= 15 is 0 Å². The molecular weight excluding hydrogens is 450 g/mol. The smallest absolute Gasteiger partial charge is 0.254 e. The fraction of sp³-hybridized carbons (Fsp3) is 0.367. The van der Waals surface area contributed by atoms with Gasteiger partial charge < -0.3 is 14.1 Å². The highest BCUT2D eigenvalue weighted by Crippen LogP contribution is 2.44. The molecule has 0 N–H and O–H groups in total. The zero-order chi connectivity index (χ0) is 25.1. The van der Waals surface area contributed by atoms with Gasteiger partial charge in [-0.1, -0.05) is 112 Å². The lowest BCUT2D eigenvalue weighted by atomic mass is 9.88. The minimum Gasteiger partial charge on any atom is -0.408 e. The average Bonchev–Trinajstić information content (AvgIpc) is 2.85. The number of hydrogen-bond donors (Lipinski definition) is 0. The van der Waals surface area contributed by atoms with E-state index in [4.69, 9.17) is 9.16 Å². The van der Waals surface area contributed by atoms with Crippen LogP contribution in [0.25, 0.3) is 0 Å². The third-order valence-corrected chi connectivity index (χ3v) is 11.8. The Labute approximate surface area is 211 Å². The van der Waals surface area contributed by atoms with E-state index in [1.165, 1.54) is 0 Å². The topological polar surface area (TPSA) is 38.8 Å². The maximum Gasteiger partial charge on any atom is 0.254 e. The molecule has 1 heterocycles. The molecular formula is C30H37NO3Si. The van der Waals surface area contributed by atoms with Crippen LogP contribution < -0.4 is 0 Å². The van der Waals surface area contributed by atoms with Crippen molar-refractivity contribution >= 4 is 14.2 Å². The Morgan fingerprint density at radius 1 is 0.829 bits per heavy atom. The summed E-state index contributed by atoms with van der Waals surface area (Å²) in [4.78, 5) is 15.4. The second-order valence-corrected chi connectivity index (χ2v) is 15.6. The van der Waals surface area contributed by atoms with Gasteiger partial charge >= 0.3 is 0 Å². The molecule has 35 heavy (non-hydrogen) atoms. The van der Waals surface area contributed by atoms with Gasteiger partial charge in [0.1, 0.15) is 0 Å². The lowest BCUT2D eigenvalue weighted by Crippen LogP contribution is -2.68. The number of benzene rings is 3. The van der Waals surface area contributed by atoms with Crippen LogP contribution in [0.3, 0.4) is 0 Å². The van der Waals surface area contributed by atoms with Crippen molar-refractivity contribution in [2.45, 2.75) is 70.3 Å². The molecule has 1 fully saturated rings. The van der Waals surface area contributed by atoms with Crippen LogP contribution in [0.15, 0.2) is 91.0 Å². The number of carbonyl (C=O) groups is 1. The molecule has 3 atom stereocenters. The lowest BCUT2D eigenvalue weighted by Gasteiger charge is -2.52. The fourth-order valence-electron chi connectivity index (χ4n) is 4.23. The van der Waals surface area contributed by atoms with Crippen LogP contribution in [0.1, 0.15) is 43.6 Å². The van der Waals surface area contributed by atoms with Gasteiger partial charge in [-0.05, 0) is 34.8 Å². The molecule has 0 radical (unpaired) electrons. The van der Waals surface area contributed by atoms with Crippen LogP contribution in [0.5, 0.6) is 0 Å². The lowest BCUT2D eigenvalue weighted by molar-refractivity contribution is -0.188. The number of hydrogen-bond acceptors (Lipinski definition) is 3. The van der Waals surface area contributed by atoms with E-state index in [1.807, 2.05) is 71.6 Å². The highest BCUT2D eigenvalue weighted by atomic mass is 28.4. The van der Waals surface area contributed by atoms with Crippen LogP contribution >= 0.6 is 0 Å². The normalized spacial score (nSPS) is 19.3. The second kappa shape index (κ2) is 10.5. The summed E-state index contributed by atoms with van der Waals surface area (Å²) >= 11 is 0. The summed E-state index contributed by atoms with van der Waals surface area (Å²) in [5.41, 5.74) is 3.25. The van der Waals surface area contributed by atoms with Gasteiger partial charge in [-0.15, -0.1) is 0 Å². The van der Waals surface area contributed by atoms with Crippen molar-refractivity contribution in [3.8, 4) is 0 Å². The molecule has 1 aliphatic rings. The molecule has 3 aromatic rings. The molecule has 0 saturated carbocycles. The summed E-state index contributed by atoms with van der Waals surface area (Å²) in [7, 11) is -2.15. The van der Waals surface area contributed by atoms with E-state index in [0.29, 0.717) is 13.2 Å². The Balaban J connectivity index is 1.68. The Morgan fingerprint density at radius 3 is 1.89 bits per heavy atom. The number of likely N-dealkylation sites (tertiary alicyclic amines) is 1. The van der Waals surface area contributed by atoms with Gasteiger partial charge in [-0.2, -0.15) is 0 Å². The maximum absolute atomic E-state index is 13.5. The Bertz CT molecular complexity index is 1100. The van der Waals surface area contributed by atoms with Gasteiger partial charge in [0.25, 0.3) is 5.91 Å². The van der Waals surface area contributed by atoms with Crippen LogP contribution in [0, 0.1) is 0 Å². The molecule has 3 aromatic carbocycles. The first-order valence-corrected chi connectivity index (χ1v) is 15.3. The van der Waals surface area contributed by atoms with Crippen LogP contribution in [0.4, 0.5) is 0 Å². The summed E-state index contributed by atoms with van der Waals surface area (Å²) in [5, 5.41) is 0.0401. The Kier molecular flexibility index (Phi) is 7.60. The Morgan fingerprint density at radius 2 is 1.34 bits per heavy atom. The van der Waals surface area contributed by atoms with Crippen molar-refractivity contribution in [3.63, 3.8) is 0 Å². The third-order valence-electron chi connectivity index (χ3n) is 7.33. The van der Waals surface area contributed by atoms with Crippen LogP contribution in [0.2, 0.25) is 18.1 Å². The number of rotatable bonds is 9. The highest BCUT2D eigenvalue weighted by molar-refractivity contribution is 6.74. The van der Waals surface area contributed by atoms with Gasteiger partial charge in [0.15, 0.2) is 14.4 Å². The molecule has 5 heteroatoms. The van der Waals surface area contributed by atoms with Gasteiger partial charge in [-0.25, -0.2) is 0 Å². The van der Waals surface area contributed by atoms with Crippen molar-refractivity contribution < 1.29 is 14.0 Å². The summed E-state index contributed by atoms with van der Waals surface area (Å²) in [6, 6.07) is 30.3. The number of ether oxygens (including phenoxy) is 1. The molecule has 1 saturated heterocycles. The number of nitrogens with zero attached hydrogens (tertiary/aromatic N) is 1. The monoisotopic (exact) mass is 487 g/mol. The summed E-state index contributed by atoms with van der Waals surface area (Å²) in [5.74, 6) is 0.0227. The summed E-state index contributed by atoms with van der Waals surface area (Å²) < 4.78 is 13.4. The van der Waals surface area contributed by atoms with Gasteiger partial charge in [0.05, 0.1) is 18.8 Å². The van der Waals surface area contributed by atoms with E-state index in [9.17, 15) is 4.79 Å². The summed E-state index contributed by atoms with van der Waals surface area (Å²) in [6.07, 6.45) is -0.812. The zero-order valence-electron chi connectivity index (χ0n) is 21.5. The highest BCUT2D eigenvalue weighted by Gasteiger charge is 2.54. The number of amides is 1. The average molecular weight is 488 g/mol. The van der Waals surface area contributed by atoms with Crippen molar-refractivity contribution in [1.82, 2.24) is 4.90 Å². The van der Waals surface area contributed by atoms with E-state index in [2.05, 4.69) is 58.1 Å². The molecule has 4 rings (SSSR count). The van der Waals surface area contributed by atoms with Crippen LogP contribution in [-0.4, -0.2) is 31.3 Å². The van der Waals surface area contributed by atoms with Gasteiger partial charge in [0, 0.05) is 6.54 Å². The van der Waals surface area contributed by atoms with Crippen molar-refractivity contribution in [3.05, 3.63) is 108 Å². The fourth-order valence-corrected chi connectivity index (χ4v) is 5.49. The number of carbonyl (C=O) groups excluding carboxylic acids is 1. The molecule has 0 aliphatic carbocycles. The number of β-lactam (4-membered cyclic amide) rings is 1. The summed E-state index contributed by atoms with van der Waals surface area (Å²) in [6.45, 7) is 12.2. The van der Waals surface area contributed by atoms with E-state index in [1.54, 1.807) is 0 Å².